The molecule has 0 saturated heterocycles. The second-order valence-corrected chi connectivity index (χ2v) is 13.1. The summed E-state index contributed by atoms with van der Waals surface area (Å²) in [5.41, 5.74) is 0. The molecule has 0 heterocycles. The molecule has 0 aromatic carbocycles. The molecule has 0 rings (SSSR count). The summed E-state index contributed by atoms with van der Waals surface area (Å²) in [7, 11) is 0. The number of hydrogen-bond donors (Lipinski definition) is 3. The molecule has 0 aliphatic rings. The van der Waals surface area contributed by atoms with Gasteiger partial charge in [0.1, 0.15) is 4.32 Å². The molecule has 0 amide bonds. The molecule has 0 atom stereocenters. The summed E-state index contributed by atoms with van der Waals surface area (Å²) in [6.45, 7) is 0.984. The van der Waals surface area contributed by atoms with Crippen LogP contribution in [0.3, 0.4) is 0 Å². The molecule has 0 spiro atoms. The molecule has 1 nitrogen and oxygen atoms in total. The minimum atomic E-state index is 0.626. The number of unbranched alkanes of at least 4 members (excludes halogenated alkanes) is 25. The van der Waals surface area contributed by atoms with Crippen molar-refractivity contribution in [1.82, 2.24) is 5.32 Å². The summed E-state index contributed by atoms with van der Waals surface area (Å²) in [5.74, 6) is 0. The molecule has 5 heteroatoms. The SMILES string of the molecule is S=C(S)CCCCCCCCCCCCCCCCCCCCCCCCCCCCNC(=S)S. The zero-order valence-corrected chi connectivity index (χ0v) is 26.4. The summed E-state index contributed by atoms with van der Waals surface area (Å²) >= 11 is 18.2. The van der Waals surface area contributed by atoms with E-state index in [0.29, 0.717) is 4.32 Å². The number of thiol groups is 2. The van der Waals surface area contributed by atoms with Gasteiger partial charge in [0.15, 0.2) is 0 Å². The van der Waals surface area contributed by atoms with E-state index in [4.69, 9.17) is 24.4 Å². The molecule has 0 aromatic heterocycles. The third kappa shape index (κ3) is 34.7. The number of hydrogen-bond acceptors (Lipinski definition) is 2. The Morgan fingerprint density at radius 3 is 0.829 bits per heavy atom. The Morgan fingerprint density at radius 1 is 0.371 bits per heavy atom. The monoisotopic (exact) mass is 561 g/mol. The van der Waals surface area contributed by atoms with Gasteiger partial charge in [-0.2, -0.15) is 0 Å². The van der Waals surface area contributed by atoms with Crippen LogP contribution < -0.4 is 5.32 Å². The van der Waals surface area contributed by atoms with Crippen molar-refractivity contribution in [2.24, 2.45) is 0 Å². The molecule has 0 radical (unpaired) electrons. The lowest BCUT2D eigenvalue weighted by Gasteiger charge is -2.05. The molecular formula is C30H59NS4. The van der Waals surface area contributed by atoms with E-state index in [1.165, 1.54) is 167 Å². The van der Waals surface area contributed by atoms with Crippen LogP contribution >= 0.6 is 49.7 Å². The lowest BCUT2D eigenvalue weighted by atomic mass is 10.0. The van der Waals surface area contributed by atoms with Gasteiger partial charge in [0.05, 0.1) is 0 Å². The molecule has 0 bridgehead atoms. The summed E-state index contributed by atoms with van der Waals surface area (Å²) < 4.78 is 1.50. The summed E-state index contributed by atoms with van der Waals surface area (Å²) in [6.07, 6.45) is 37.9. The van der Waals surface area contributed by atoms with Gasteiger partial charge in [0, 0.05) is 10.7 Å². The van der Waals surface area contributed by atoms with Crippen LogP contribution in [0, 0.1) is 0 Å². The van der Waals surface area contributed by atoms with Crippen LogP contribution in [0.2, 0.25) is 0 Å². The quantitative estimate of drug-likeness (QED) is 0.0477. The number of thiocarbonyl (C=S) groups is 2. The Hall–Kier alpha value is 0.680. The van der Waals surface area contributed by atoms with Crippen LogP contribution in [0.15, 0.2) is 0 Å². The van der Waals surface area contributed by atoms with Gasteiger partial charge in [-0.25, -0.2) is 0 Å². The highest BCUT2D eigenvalue weighted by atomic mass is 32.1. The maximum atomic E-state index is 5.00. The second kappa shape index (κ2) is 30.9. The largest absolute Gasteiger partial charge is 0.371 e. The molecule has 0 aromatic rings. The molecule has 0 aliphatic heterocycles. The summed E-state index contributed by atoms with van der Waals surface area (Å²) in [5, 5.41) is 3.11. The van der Waals surface area contributed by atoms with Gasteiger partial charge in [0.25, 0.3) is 0 Å². The van der Waals surface area contributed by atoms with E-state index in [1.807, 2.05) is 0 Å². The third-order valence-corrected chi connectivity index (χ3v) is 7.82. The number of rotatable bonds is 29. The minimum Gasteiger partial charge on any atom is -0.371 e. The predicted octanol–water partition coefficient (Wildman–Crippen LogP) is 11.6. The van der Waals surface area contributed by atoms with Crippen molar-refractivity contribution < 1.29 is 0 Å². The van der Waals surface area contributed by atoms with E-state index in [2.05, 4.69) is 30.6 Å². The van der Waals surface area contributed by atoms with Crippen LogP contribution in [-0.2, 0) is 0 Å². The molecule has 1 N–H and O–H groups in total. The van der Waals surface area contributed by atoms with Crippen LogP contribution in [0.25, 0.3) is 0 Å². The average molecular weight is 562 g/mol. The van der Waals surface area contributed by atoms with Crippen molar-refractivity contribution in [2.45, 2.75) is 173 Å². The van der Waals surface area contributed by atoms with E-state index in [0.717, 1.165) is 17.2 Å². The van der Waals surface area contributed by atoms with Crippen molar-refractivity contribution in [2.75, 3.05) is 6.54 Å². The zero-order valence-electron chi connectivity index (χ0n) is 23.0. The van der Waals surface area contributed by atoms with Crippen LogP contribution in [0.1, 0.15) is 173 Å². The van der Waals surface area contributed by atoms with Gasteiger partial charge in [0.2, 0.25) is 0 Å². The molecule has 0 unspecified atom stereocenters. The first-order valence-electron chi connectivity index (χ1n) is 15.3. The first-order valence-corrected chi connectivity index (χ1v) is 17.0. The van der Waals surface area contributed by atoms with Gasteiger partial charge in [-0.1, -0.05) is 179 Å². The Kier molecular flexibility index (Phi) is 31.5. The zero-order chi connectivity index (χ0) is 25.7. The van der Waals surface area contributed by atoms with Gasteiger partial charge < -0.3 is 5.32 Å². The van der Waals surface area contributed by atoms with Crippen molar-refractivity contribution in [1.29, 1.82) is 0 Å². The highest BCUT2D eigenvalue weighted by Gasteiger charge is 1.97. The first-order chi connectivity index (χ1) is 17.1. The van der Waals surface area contributed by atoms with E-state index in [9.17, 15) is 0 Å². The molecular weight excluding hydrogens is 503 g/mol. The standard InChI is InChI=1S/C30H59NS4/c32-29(33)27-25-23-21-19-17-15-13-11-9-7-5-3-1-2-4-6-8-10-12-14-16-18-20-22-24-26-28-31-30(34)35/h1-28H2,(H,32,33)(H2,31,34,35). The van der Waals surface area contributed by atoms with Crippen LogP contribution in [0.5, 0.6) is 0 Å². The van der Waals surface area contributed by atoms with Crippen LogP contribution in [0.4, 0.5) is 0 Å². The van der Waals surface area contributed by atoms with E-state index >= 15 is 0 Å². The Morgan fingerprint density at radius 2 is 0.600 bits per heavy atom. The molecule has 35 heavy (non-hydrogen) atoms. The minimum absolute atomic E-state index is 0.626. The topological polar surface area (TPSA) is 12.0 Å². The fraction of sp³-hybridized carbons (Fsp3) is 0.933. The van der Waals surface area contributed by atoms with Crippen molar-refractivity contribution in [3.63, 3.8) is 0 Å². The third-order valence-electron chi connectivity index (χ3n) is 7.09. The second-order valence-electron chi connectivity index (χ2n) is 10.6. The highest BCUT2D eigenvalue weighted by Crippen LogP contribution is 2.16. The highest BCUT2D eigenvalue weighted by molar-refractivity contribution is 8.11. The van der Waals surface area contributed by atoms with Gasteiger partial charge >= 0.3 is 0 Å². The molecule has 0 saturated carbocycles. The van der Waals surface area contributed by atoms with E-state index < -0.39 is 0 Å². The normalized spacial score (nSPS) is 11.1. The van der Waals surface area contributed by atoms with Gasteiger partial charge in [-0.05, 0) is 19.3 Å². The van der Waals surface area contributed by atoms with Crippen molar-refractivity contribution >= 4 is 58.2 Å². The van der Waals surface area contributed by atoms with Crippen LogP contribution in [-0.4, -0.2) is 15.1 Å². The summed E-state index contributed by atoms with van der Waals surface area (Å²) in [6, 6.07) is 0. The average Bonchev–Trinajstić information content (AvgIpc) is 2.82. The van der Waals surface area contributed by atoms with Gasteiger partial charge in [-0.3, -0.25) is 0 Å². The maximum absolute atomic E-state index is 5.00. The first kappa shape index (κ1) is 35.7. The van der Waals surface area contributed by atoms with Gasteiger partial charge in [-0.15, -0.1) is 25.3 Å². The fourth-order valence-electron chi connectivity index (χ4n) is 4.84. The Bertz CT molecular complexity index is 416. The predicted molar refractivity (Wildman–Crippen MR) is 176 cm³/mol. The van der Waals surface area contributed by atoms with E-state index in [-0.39, 0.29) is 0 Å². The smallest absolute Gasteiger partial charge is 0.130 e. The maximum Gasteiger partial charge on any atom is 0.130 e. The lowest BCUT2D eigenvalue weighted by molar-refractivity contribution is 0.515. The van der Waals surface area contributed by atoms with Crippen molar-refractivity contribution in [3.05, 3.63) is 0 Å². The lowest BCUT2D eigenvalue weighted by Crippen LogP contribution is -2.17. The summed E-state index contributed by atoms with van der Waals surface area (Å²) in [4.78, 5) is 0. The fourth-order valence-corrected chi connectivity index (χ4v) is 5.36. The Labute approximate surface area is 242 Å². The molecule has 208 valence electrons. The van der Waals surface area contributed by atoms with E-state index in [1.54, 1.807) is 0 Å². The van der Waals surface area contributed by atoms with Crippen molar-refractivity contribution in [3.8, 4) is 0 Å². The Balaban J connectivity index is 3.03. The number of nitrogens with one attached hydrogen (secondary N) is 1. The molecule has 0 aliphatic carbocycles. The molecule has 0 fully saturated rings.